The summed E-state index contributed by atoms with van der Waals surface area (Å²) in [7, 11) is 0. The lowest BCUT2D eigenvalue weighted by molar-refractivity contribution is 0.0679. The van der Waals surface area contributed by atoms with Gasteiger partial charge < -0.3 is 14.8 Å². The van der Waals surface area contributed by atoms with Crippen LogP contribution in [-0.2, 0) is 11.3 Å². The molecule has 1 N–H and O–H groups in total. The van der Waals surface area contributed by atoms with Gasteiger partial charge in [-0.3, -0.25) is 0 Å². The first-order valence-electron chi connectivity index (χ1n) is 7.03. The van der Waals surface area contributed by atoms with E-state index in [1.54, 1.807) is 0 Å². The summed E-state index contributed by atoms with van der Waals surface area (Å²) in [5.41, 5.74) is 1.23. The van der Waals surface area contributed by atoms with Crippen LogP contribution >= 0.6 is 15.9 Å². The van der Waals surface area contributed by atoms with E-state index in [0.29, 0.717) is 6.61 Å². The average molecular weight is 328 g/mol. The van der Waals surface area contributed by atoms with Gasteiger partial charge in [0.15, 0.2) is 0 Å². The van der Waals surface area contributed by atoms with E-state index in [4.69, 9.17) is 9.47 Å². The lowest BCUT2D eigenvalue weighted by Crippen LogP contribution is -2.17. The van der Waals surface area contributed by atoms with Gasteiger partial charge in [-0.1, -0.05) is 22.9 Å². The molecule has 1 heterocycles. The van der Waals surface area contributed by atoms with E-state index in [-0.39, 0.29) is 6.10 Å². The fraction of sp³-hybridized carbons (Fsp3) is 0.600. The van der Waals surface area contributed by atoms with Crippen molar-refractivity contribution in [2.45, 2.75) is 38.8 Å². The highest BCUT2D eigenvalue weighted by Gasteiger charge is 2.16. The van der Waals surface area contributed by atoms with Gasteiger partial charge in [-0.15, -0.1) is 0 Å². The molecule has 1 aromatic carbocycles. The minimum absolute atomic E-state index is 0.269. The Labute approximate surface area is 123 Å². The fourth-order valence-electron chi connectivity index (χ4n) is 2.14. The summed E-state index contributed by atoms with van der Waals surface area (Å²) in [6.45, 7) is 5.60. The van der Waals surface area contributed by atoms with E-state index in [1.807, 2.05) is 12.1 Å². The Kier molecular flexibility index (Phi) is 6.14. The van der Waals surface area contributed by atoms with Gasteiger partial charge in [0.1, 0.15) is 12.4 Å². The zero-order chi connectivity index (χ0) is 13.5. The summed E-state index contributed by atoms with van der Waals surface area (Å²) in [5.74, 6) is 0.923. The summed E-state index contributed by atoms with van der Waals surface area (Å²) < 4.78 is 12.5. The van der Waals surface area contributed by atoms with Crippen molar-refractivity contribution >= 4 is 15.9 Å². The molecule has 1 unspecified atom stereocenters. The highest BCUT2D eigenvalue weighted by atomic mass is 79.9. The van der Waals surface area contributed by atoms with Crippen molar-refractivity contribution in [1.29, 1.82) is 0 Å². The van der Waals surface area contributed by atoms with Crippen LogP contribution in [0.5, 0.6) is 5.75 Å². The van der Waals surface area contributed by atoms with E-state index < -0.39 is 0 Å². The van der Waals surface area contributed by atoms with Crippen LogP contribution in [0.2, 0.25) is 0 Å². The Balaban J connectivity index is 1.87. The molecule has 0 aromatic heterocycles. The maximum Gasteiger partial charge on any atom is 0.119 e. The number of ether oxygens (including phenoxy) is 2. The Morgan fingerprint density at radius 3 is 3.11 bits per heavy atom. The summed E-state index contributed by atoms with van der Waals surface area (Å²) in [6.07, 6.45) is 3.68. The molecule has 1 aliphatic heterocycles. The second kappa shape index (κ2) is 7.88. The van der Waals surface area contributed by atoms with Crippen molar-refractivity contribution in [1.82, 2.24) is 5.32 Å². The van der Waals surface area contributed by atoms with Gasteiger partial charge in [-0.2, -0.15) is 0 Å². The minimum atomic E-state index is 0.269. The Morgan fingerprint density at radius 1 is 1.47 bits per heavy atom. The third-order valence-corrected chi connectivity index (χ3v) is 3.99. The van der Waals surface area contributed by atoms with Crippen LogP contribution in [0.1, 0.15) is 31.7 Å². The molecule has 0 radical (unpaired) electrons. The molecule has 3 nitrogen and oxygen atoms in total. The minimum Gasteiger partial charge on any atom is -0.491 e. The smallest absolute Gasteiger partial charge is 0.119 e. The molecule has 0 amide bonds. The van der Waals surface area contributed by atoms with Crippen LogP contribution in [0, 0.1) is 0 Å². The molecule has 0 aliphatic carbocycles. The molecule has 19 heavy (non-hydrogen) atoms. The van der Waals surface area contributed by atoms with E-state index in [9.17, 15) is 0 Å². The van der Waals surface area contributed by atoms with E-state index >= 15 is 0 Å². The highest BCUT2D eigenvalue weighted by molar-refractivity contribution is 9.10. The highest BCUT2D eigenvalue weighted by Crippen LogP contribution is 2.23. The van der Waals surface area contributed by atoms with Crippen molar-refractivity contribution in [2.75, 3.05) is 19.8 Å². The van der Waals surface area contributed by atoms with E-state index in [1.165, 1.54) is 5.56 Å². The van der Waals surface area contributed by atoms with E-state index in [2.05, 4.69) is 34.2 Å². The predicted molar refractivity (Wildman–Crippen MR) is 80.6 cm³/mol. The molecule has 4 heteroatoms. The molecule has 2 rings (SSSR count). The zero-order valence-electron chi connectivity index (χ0n) is 11.5. The third kappa shape index (κ3) is 4.79. The van der Waals surface area contributed by atoms with Crippen molar-refractivity contribution < 1.29 is 9.47 Å². The van der Waals surface area contributed by atoms with Crippen LogP contribution in [0.15, 0.2) is 22.7 Å². The lowest BCUT2D eigenvalue weighted by atomic mass is 10.2. The fourth-order valence-corrected chi connectivity index (χ4v) is 2.53. The molecule has 0 spiro atoms. The lowest BCUT2D eigenvalue weighted by Gasteiger charge is -2.13. The quantitative estimate of drug-likeness (QED) is 0.777. The first-order valence-corrected chi connectivity index (χ1v) is 7.82. The molecular formula is C15H22BrNO2. The van der Waals surface area contributed by atoms with Crippen LogP contribution < -0.4 is 10.1 Å². The first kappa shape index (κ1) is 14.8. The van der Waals surface area contributed by atoms with Crippen molar-refractivity contribution in [2.24, 2.45) is 0 Å². The van der Waals surface area contributed by atoms with Crippen LogP contribution in [-0.4, -0.2) is 25.9 Å². The summed E-state index contributed by atoms with van der Waals surface area (Å²) in [4.78, 5) is 0. The summed E-state index contributed by atoms with van der Waals surface area (Å²) in [6, 6.07) is 6.15. The summed E-state index contributed by atoms with van der Waals surface area (Å²) >= 11 is 3.58. The standard InChI is InChI=1S/C15H22BrNO2/c1-2-7-17-10-12-9-13(5-6-15(12)16)19-11-14-4-3-8-18-14/h5-6,9,14,17H,2-4,7-8,10-11H2,1H3. The van der Waals surface area contributed by atoms with Gasteiger partial charge in [0.05, 0.1) is 6.10 Å². The molecule has 1 aliphatic rings. The van der Waals surface area contributed by atoms with Gasteiger partial charge in [-0.25, -0.2) is 0 Å². The topological polar surface area (TPSA) is 30.5 Å². The van der Waals surface area contributed by atoms with Crippen LogP contribution in [0.4, 0.5) is 0 Å². The molecule has 0 bridgehead atoms. The number of rotatable bonds is 7. The second-order valence-electron chi connectivity index (χ2n) is 4.88. The van der Waals surface area contributed by atoms with Crippen molar-refractivity contribution in [3.05, 3.63) is 28.2 Å². The Bertz CT molecular complexity index is 392. The van der Waals surface area contributed by atoms with Gasteiger partial charge in [0.2, 0.25) is 0 Å². The second-order valence-corrected chi connectivity index (χ2v) is 5.73. The molecule has 1 aromatic rings. The van der Waals surface area contributed by atoms with Crippen molar-refractivity contribution in [3.8, 4) is 5.75 Å². The number of hydrogen-bond acceptors (Lipinski definition) is 3. The molecule has 1 atom stereocenters. The number of nitrogens with one attached hydrogen (secondary N) is 1. The third-order valence-electron chi connectivity index (χ3n) is 3.22. The number of benzene rings is 1. The van der Waals surface area contributed by atoms with Crippen LogP contribution in [0.25, 0.3) is 0 Å². The summed E-state index contributed by atoms with van der Waals surface area (Å²) in [5, 5.41) is 3.41. The number of hydrogen-bond donors (Lipinski definition) is 1. The SMILES string of the molecule is CCCNCc1cc(OCC2CCCO2)ccc1Br. The first-order chi connectivity index (χ1) is 9.29. The molecule has 106 valence electrons. The normalized spacial score (nSPS) is 18.7. The molecule has 0 saturated carbocycles. The average Bonchev–Trinajstić information content (AvgIpc) is 2.93. The zero-order valence-corrected chi connectivity index (χ0v) is 13.0. The maximum atomic E-state index is 5.82. The van der Waals surface area contributed by atoms with Crippen molar-refractivity contribution in [3.63, 3.8) is 0 Å². The predicted octanol–water partition coefficient (Wildman–Crippen LogP) is 3.51. The molecular weight excluding hydrogens is 306 g/mol. The Morgan fingerprint density at radius 2 is 2.37 bits per heavy atom. The maximum absolute atomic E-state index is 5.82. The number of halogens is 1. The largest absolute Gasteiger partial charge is 0.491 e. The van der Waals surface area contributed by atoms with Gasteiger partial charge >= 0.3 is 0 Å². The molecule has 1 saturated heterocycles. The Hall–Kier alpha value is -0.580. The monoisotopic (exact) mass is 327 g/mol. The molecule has 1 fully saturated rings. The van der Waals surface area contributed by atoms with Crippen LogP contribution in [0.3, 0.4) is 0 Å². The van der Waals surface area contributed by atoms with Gasteiger partial charge in [-0.05, 0) is 49.6 Å². The van der Waals surface area contributed by atoms with Gasteiger partial charge in [0, 0.05) is 17.6 Å². The van der Waals surface area contributed by atoms with E-state index in [0.717, 1.165) is 49.2 Å². The van der Waals surface area contributed by atoms with Gasteiger partial charge in [0.25, 0.3) is 0 Å².